The molecule has 2 aliphatic rings. The van der Waals surface area contributed by atoms with E-state index >= 15 is 0 Å². The number of carbonyl (C=O) groups is 4. The van der Waals surface area contributed by atoms with Crippen molar-refractivity contribution in [2.45, 2.75) is 130 Å². The number of β-amino-alcohol motifs (C(OH)–C–C–N with tert-alkyl or cyclic N) is 1. The number of primary sulfonamides is 1. The molecule has 6 atom stereocenters. The van der Waals surface area contributed by atoms with Gasteiger partial charge in [0.15, 0.2) is 0 Å². The van der Waals surface area contributed by atoms with E-state index in [0.717, 1.165) is 38.7 Å². The fourth-order valence-electron chi connectivity index (χ4n) is 9.06. The van der Waals surface area contributed by atoms with Gasteiger partial charge in [0.2, 0.25) is 33.7 Å². The normalized spacial score (nSPS) is 18.8. The molecular formula is C51H67F3N8O9S4. The highest BCUT2D eigenvalue weighted by Gasteiger charge is 2.49. The molecule has 3 heterocycles. The zero-order valence-corrected chi connectivity index (χ0v) is 45.8. The van der Waals surface area contributed by atoms with Crippen molar-refractivity contribution in [3.8, 4) is 10.4 Å². The van der Waals surface area contributed by atoms with Gasteiger partial charge in [0.1, 0.15) is 17.0 Å². The number of unbranched alkanes of at least 4 members (excludes halogenated alkanes) is 2. The predicted molar refractivity (Wildman–Crippen MR) is 283 cm³/mol. The van der Waals surface area contributed by atoms with Crippen LogP contribution in [0.15, 0.2) is 93.0 Å². The number of thioether (sulfide) groups is 1. The molecule has 6 rings (SSSR count). The number of anilines is 1. The lowest BCUT2D eigenvalue weighted by atomic mass is 9.85. The van der Waals surface area contributed by atoms with Crippen molar-refractivity contribution in [1.82, 2.24) is 30.7 Å². The maximum atomic E-state index is 14.1. The number of thiazole rings is 1. The fourth-order valence-corrected chi connectivity index (χ4v) is 12.4. The van der Waals surface area contributed by atoms with Gasteiger partial charge in [-0.15, -0.1) is 23.1 Å². The van der Waals surface area contributed by atoms with E-state index < -0.39 is 82.3 Å². The molecule has 75 heavy (non-hydrogen) atoms. The maximum absolute atomic E-state index is 14.1. The van der Waals surface area contributed by atoms with Gasteiger partial charge in [-0.1, -0.05) is 69.7 Å². The van der Waals surface area contributed by atoms with Gasteiger partial charge < -0.3 is 36.2 Å². The van der Waals surface area contributed by atoms with Crippen LogP contribution in [0.1, 0.15) is 89.9 Å². The molecule has 24 heteroatoms. The van der Waals surface area contributed by atoms with Gasteiger partial charge in [0, 0.05) is 55.7 Å². The van der Waals surface area contributed by atoms with Crippen LogP contribution in [-0.4, -0.2) is 129 Å². The van der Waals surface area contributed by atoms with Crippen LogP contribution in [-0.2, 0) is 39.0 Å². The summed E-state index contributed by atoms with van der Waals surface area (Å²) in [5, 5.41) is 27.6. The van der Waals surface area contributed by atoms with Gasteiger partial charge in [-0.25, -0.2) is 27.0 Å². The van der Waals surface area contributed by atoms with Crippen LogP contribution in [0.2, 0.25) is 0 Å². The Kier molecular flexibility index (Phi) is 20.0. The Morgan fingerprint density at radius 3 is 2.28 bits per heavy atom. The van der Waals surface area contributed by atoms with Crippen molar-refractivity contribution < 1.29 is 54.3 Å². The molecule has 2 fully saturated rings. The molecule has 3 aromatic carbocycles. The second-order valence-electron chi connectivity index (χ2n) is 20.2. The van der Waals surface area contributed by atoms with Crippen LogP contribution in [0.3, 0.4) is 0 Å². The molecule has 4 amide bonds. The lowest BCUT2D eigenvalue weighted by molar-refractivity contribution is -0.144. The number of benzene rings is 3. The molecule has 1 aromatic heterocycles. The van der Waals surface area contributed by atoms with Crippen molar-refractivity contribution >= 4 is 72.3 Å². The van der Waals surface area contributed by atoms with Crippen molar-refractivity contribution in [3.63, 3.8) is 0 Å². The van der Waals surface area contributed by atoms with Crippen LogP contribution in [0.5, 0.6) is 0 Å². The van der Waals surface area contributed by atoms with Crippen molar-refractivity contribution in [2.24, 2.45) is 16.5 Å². The standard InChI is InChI=1S/C51H67F3N8O9S4/c1-32(34-15-17-35(18-16-34)45-33(2)57-31-73-45)58-48(66)42-26-38(63)29-62(42)49(67)46(50(3,4)5)60-44(64)14-10-7-11-23-56-47(65)36-21-24-61(28-36)25-22-37(30-72-39-12-8-6-9-13-39)59-41-20-19-40(75(55,70)71)27-43(41)74(68,69)51(52,53)54/h6,8-9,12-13,15-20,27,31-32,36-38,42,46,59,63H,7,10-11,14,21-26,28-30H2,1-5H3,(H,56,65)(H,58,66)(H,60,64)(H2,55,70,71)/t32-,36+,37+,38+,42-,46+/m0/s1. The Morgan fingerprint density at radius 1 is 0.933 bits per heavy atom. The summed E-state index contributed by atoms with van der Waals surface area (Å²) in [6.45, 7) is 11.0. The number of hydrogen-bond donors (Lipinski definition) is 6. The molecule has 2 saturated heterocycles. The number of alkyl halides is 3. The Balaban J connectivity index is 0.949. The first kappa shape index (κ1) is 59.1. The minimum Gasteiger partial charge on any atom is -0.391 e. The minimum absolute atomic E-state index is 0.0503. The van der Waals surface area contributed by atoms with E-state index in [1.807, 2.05) is 94.1 Å². The quantitative estimate of drug-likeness (QED) is 0.0349. The molecule has 0 saturated carbocycles. The molecule has 0 aliphatic carbocycles. The third kappa shape index (κ3) is 16.0. The minimum atomic E-state index is -5.99. The molecule has 17 nitrogen and oxygen atoms in total. The predicted octanol–water partition coefficient (Wildman–Crippen LogP) is 6.39. The zero-order valence-electron chi connectivity index (χ0n) is 42.6. The number of nitrogens with two attached hydrogens (primary N) is 1. The average Bonchev–Trinajstić information content (AvgIpc) is 4.12. The number of nitrogens with one attached hydrogen (secondary N) is 4. The number of aromatic nitrogens is 1. The fraction of sp³-hybridized carbons (Fsp3) is 0.510. The van der Waals surface area contributed by atoms with E-state index in [2.05, 4.69) is 26.3 Å². The van der Waals surface area contributed by atoms with Crippen LogP contribution >= 0.6 is 23.1 Å². The summed E-state index contributed by atoms with van der Waals surface area (Å²) >= 11 is 2.95. The van der Waals surface area contributed by atoms with Crippen LogP contribution < -0.4 is 26.4 Å². The van der Waals surface area contributed by atoms with E-state index in [1.54, 1.807) is 16.8 Å². The third-order valence-electron chi connectivity index (χ3n) is 13.3. The van der Waals surface area contributed by atoms with E-state index in [0.29, 0.717) is 70.1 Å². The second kappa shape index (κ2) is 25.4. The number of aryl methyl sites for hydroxylation is 1. The maximum Gasteiger partial charge on any atom is 0.501 e. The van der Waals surface area contributed by atoms with Crippen molar-refractivity contribution in [3.05, 3.63) is 89.6 Å². The number of aliphatic hydroxyl groups is 1. The molecular weight excluding hydrogens is 1050 g/mol. The van der Waals surface area contributed by atoms with Gasteiger partial charge in [-0.2, -0.15) is 13.2 Å². The molecule has 0 spiro atoms. The highest BCUT2D eigenvalue weighted by molar-refractivity contribution is 7.99. The van der Waals surface area contributed by atoms with Gasteiger partial charge in [-0.3, -0.25) is 19.2 Å². The summed E-state index contributed by atoms with van der Waals surface area (Å²) in [5.41, 5.74) is -2.25. The molecule has 4 aromatic rings. The van der Waals surface area contributed by atoms with E-state index in [9.17, 15) is 54.3 Å². The Morgan fingerprint density at radius 2 is 1.64 bits per heavy atom. The number of sulfonamides is 1. The summed E-state index contributed by atoms with van der Waals surface area (Å²) in [6, 6.07) is 16.5. The second-order valence-corrected chi connectivity index (χ2v) is 25.6. The first-order chi connectivity index (χ1) is 35.2. The lowest BCUT2D eigenvalue weighted by Gasteiger charge is -2.35. The summed E-state index contributed by atoms with van der Waals surface area (Å²) < 4.78 is 90.8. The highest BCUT2D eigenvalue weighted by Crippen LogP contribution is 2.37. The number of nitrogens with zero attached hydrogens (tertiary/aromatic N) is 3. The number of carbonyl (C=O) groups excluding carboxylic acids is 4. The SMILES string of the molecule is Cc1ncsc1-c1ccc([C@H](C)NC(=O)[C@@H]2C[C@@H](O)CN2C(=O)[C@@H](NC(=O)CCCCCNC(=O)[C@@H]2CCN(CC[C@H](CSc3ccccc3)Nc3ccc(S(N)(=O)=O)cc3S(=O)(=O)C(F)(F)F)C2)C(C)(C)C)cc1. The summed E-state index contributed by atoms with van der Waals surface area (Å²) in [6.07, 6.45) is 1.84. The molecule has 2 aliphatic heterocycles. The summed E-state index contributed by atoms with van der Waals surface area (Å²) in [5.74, 6) is -1.36. The zero-order chi connectivity index (χ0) is 54.9. The first-order valence-electron chi connectivity index (χ1n) is 24.7. The largest absolute Gasteiger partial charge is 0.501 e. The van der Waals surface area contributed by atoms with Crippen LogP contribution in [0.25, 0.3) is 10.4 Å². The van der Waals surface area contributed by atoms with Crippen molar-refractivity contribution in [1.29, 1.82) is 0 Å². The molecule has 7 N–H and O–H groups in total. The van der Waals surface area contributed by atoms with Crippen molar-refractivity contribution in [2.75, 3.05) is 43.8 Å². The topological polar surface area (TPSA) is 250 Å². The smallest absolute Gasteiger partial charge is 0.391 e. The van der Waals surface area contributed by atoms with Gasteiger partial charge in [-0.05, 0) is 92.9 Å². The number of halogens is 3. The third-order valence-corrected chi connectivity index (χ3v) is 17.9. The van der Waals surface area contributed by atoms with Gasteiger partial charge in [0.05, 0.1) is 44.7 Å². The number of likely N-dealkylation sites (tertiary alicyclic amines) is 2. The van der Waals surface area contributed by atoms with E-state index in [1.165, 1.54) is 16.7 Å². The van der Waals surface area contributed by atoms with Gasteiger partial charge in [0.25, 0.3) is 9.84 Å². The first-order valence-corrected chi connectivity index (χ1v) is 29.6. The molecule has 0 bridgehead atoms. The Labute approximate surface area is 445 Å². The lowest BCUT2D eigenvalue weighted by Crippen LogP contribution is -2.57. The number of amides is 4. The van der Waals surface area contributed by atoms with E-state index in [-0.39, 0.29) is 43.2 Å². The van der Waals surface area contributed by atoms with Crippen LogP contribution in [0, 0.1) is 18.3 Å². The highest BCUT2D eigenvalue weighted by atomic mass is 32.2. The number of rotatable bonds is 23. The Bertz CT molecular complexity index is 2850. The summed E-state index contributed by atoms with van der Waals surface area (Å²) in [4.78, 5) is 62.0. The monoisotopic (exact) mass is 1120 g/mol. The molecule has 0 unspecified atom stereocenters. The van der Waals surface area contributed by atoms with Crippen LogP contribution in [0.4, 0.5) is 18.9 Å². The molecule has 0 radical (unpaired) electrons. The van der Waals surface area contributed by atoms with E-state index in [4.69, 9.17) is 5.14 Å². The Hall–Kier alpha value is -5.11. The number of sulfone groups is 1. The number of hydrogen-bond acceptors (Lipinski definition) is 14. The number of aliphatic hydroxyl groups excluding tert-OH is 1. The van der Waals surface area contributed by atoms with Gasteiger partial charge >= 0.3 is 5.51 Å². The molecule has 410 valence electrons. The summed E-state index contributed by atoms with van der Waals surface area (Å²) in [7, 11) is -10.5. The average molecular weight is 1120 g/mol.